The van der Waals surface area contributed by atoms with E-state index in [0.29, 0.717) is 5.56 Å². The number of nitrogens with zero attached hydrogens (tertiary/aromatic N) is 1. The quantitative estimate of drug-likeness (QED) is 0.898. The van der Waals surface area contributed by atoms with Gasteiger partial charge in [-0.25, -0.2) is 4.39 Å². The molecule has 0 bridgehead atoms. The van der Waals surface area contributed by atoms with Crippen LogP contribution in [0.25, 0.3) is 0 Å². The number of hydrogen-bond acceptors (Lipinski definition) is 2. The van der Waals surface area contributed by atoms with E-state index in [2.05, 4.69) is 22.0 Å². The van der Waals surface area contributed by atoms with Gasteiger partial charge in [0.25, 0.3) is 0 Å². The van der Waals surface area contributed by atoms with E-state index in [0.717, 1.165) is 4.47 Å². The fourth-order valence-corrected chi connectivity index (χ4v) is 1.59. The van der Waals surface area contributed by atoms with Crippen LogP contribution in [0.1, 0.15) is 25.5 Å². The molecule has 0 aliphatic carbocycles. The minimum atomic E-state index is -0.790. The lowest BCUT2D eigenvalue weighted by Gasteiger charge is -2.24. The molecule has 1 rings (SSSR count). The average Bonchev–Trinajstić information content (AvgIpc) is 2.20. The number of nitriles is 1. The zero-order chi connectivity index (χ0) is 11.6. The standard InChI is InChI=1S/C11H12BrFN2/c1-11(2,6-14)10(15)8-5-7(12)3-4-9(8)13/h3-5,10H,15H2,1-2H3. The molecule has 0 amide bonds. The van der Waals surface area contributed by atoms with Gasteiger partial charge in [-0.1, -0.05) is 15.9 Å². The Bertz CT molecular complexity index is 410. The molecule has 1 unspecified atom stereocenters. The van der Waals surface area contributed by atoms with Gasteiger partial charge in [0.15, 0.2) is 0 Å². The molecule has 80 valence electrons. The third-order valence-electron chi connectivity index (χ3n) is 2.36. The summed E-state index contributed by atoms with van der Waals surface area (Å²) in [6.45, 7) is 3.38. The van der Waals surface area contributed by atoms with Crippen molar-refractivity contribution < 1.29 is 4.39 Å². The van der Waals surface area contributed by atoms with E-state index in [1.54, 1.807) is 26.0 Å². The molecule has 2 N–H and O–H groups in total. The molecule has 0 spiro atoms. The minimum absolute atomic E-state index is 0.357. The molecule has 1 aromatic rings. The van der Waals surface area contributed by atoms with Crippen molar-refractivity contribution in [3.05, 3.63) is 34.1 Å². The summed E-state index contributed by atoms with van der Waals surface area (Å²) in [5, 5.41) is 8.92. The van der Waals surface area contributed by atoms with Crippen molar-refractivity contribution in [1.82, 2.24) is 0 Å². The number of rotatable bonds is 2. The highest BCUT2D eigenvalue weighted by Crippen LogP contribution is 2.32. The first-order chi connectivity index (χ1) is 6.88. The van der Waals surface area contributed by atoms with Crippen molar-refractivity contribution in [1.29, 1.82) is 5.26 Å². The highest BCUT2D eigenvalue weighted by Gasteiger charge is 2.29. The van der Waals surface area contributed by atoms with Gasteiger partial charge in [0.1, 0.15) is 5.82 Å². The molecule has 0 fully saturated rings. The minimum Gasteiger partial charge on any atom is -0.323 e. The normalized spacial score (nSPS) is 13.3. The van der Waals surface area contributed by atoms with Crippen LogP contribution in [-0.4, -0.2) is 0 Å². The van der Waals surface area contributed by atoms with E-state index in [9.17, 15) is 4.39 Å². The highest BCUT2D eigenvalue weighted by atomic mass is 79.9. The average molecular weight is 271 g/mol. The van der Waals surface area contributed by atoms with Crippen LogP contribution in [0, 0.1) is 22.6 Å². The Morgan fingerprint density at radius 1 is 1.53 bits per heavy atom. The highest BCUT2D eigenvalue weighted by molar-refractivity contribution is 9.10. The first kappa shape index (κ1) is 12.2. The van der Waals surface area contributed by atoms with Gasteiger partial charge in [-0.3, -0.25) is 0 Å². The van der Waals surface area contributed by atoms with Gasteiger partial charge in [-0.15, -0.1) is 0 Å². The van der Waals surface area contributed by atoms with Crippen molar-refractivity contribution in [3.63, 3.8) is 0 Å². The molecule has 0 saturated carbocycles. The van der Waals surface area contributed by atoms with E-state index >= 15 is 0 Å². The molecule has 0 heterocycles. The Labute approximate surface area is 97.0 Å². The van der Waals surface area contributed by atoms with Crippen LogP contribution in [-0.2, 0) is 0 Å². The monoisotopic (exact) mass is 270 g/mol. The Morgan fingerprint density at radius 3 is 2.67 bits per heavy atom. The summed E-state index contributed by atoms with van der Waals surface area (Å²) >= 11 is 3.25. The predicted molar refractivity (Wildman–Crippen MR) is 60.4 cm³/mol. The molecular formula is C11H12BrFN2. The lowest BCUT2D eigenvalue weighted by molar-refractivity contribution is 0.381. The molecular weight excluding hydrogens is 259 g/mol. The summed E-state index contributed by atoms with van der Waals surface area (Å²) in [5.41, 5.74) is 5.44. The first-order valence-corrected chi connectivity index (χ1v) is 5.29. The predicted octanol–water partition coefficient (Wildman–Crippen LogP) is 3.14. The number of halogens is 2. The molecule has 4 heteroatoms. The van der Waals surface area contributed by atoms with Crippen molar-refractivity contribution in [2.24, 2.45) is 11.1 Å². The second kappa shape index (κ2) is 4.30. The third-order valence-corrected chi connectivity index (χ3v) is 2.85. The fourth-order valence-electron chi connectivity index (χ4n) is 1.21. The first-order valence-electron chi connectivity index (χ1n) is 4.50. The summed E-state index contributed by atoms with van der Waals surface area (Å²) in [6, 6.07) is 5.99. The lowest BCUT2D eigenvalue weighted by Crippen LogP contribution is -2.28. The van der Waals surface area contributed by atoms with Gasteiger partial charge in [0.2, 0.25) is 0 Å². The molecule has 1 atom stereocenters. The molecule has 0 radical (unpaired) electrons. The second-order valence-corrected chi connectivity index (χ2v) is 4.89. The maximum atomic E-state index is 13.5. The van der Waals surface area contributed by atoms with E-state index in [1.807, 2.05) is 0 Å². The molecule has 0 aromatic heterocycles. The maximum Gasteiger partial charge on any atom is 0.128 e. The van der Waals surface area contributed by atoms with Gasteiger partial charge >= 0.3 is 0 Å². The summed E-state index contributed by atoms with van der Waals surface area (Å²) in [5.74, 6) is -0.381. The topological polar surface area (TPSA) is 49.8 Å². The Morgan fingerprint density at radius 2 is 2.13 bits per heavy atom. The van der Waals surface area contributed by atoms with Crippen molar-refractivity contribution >= 4 is 15.9 Å². The molecule has 0 saturated heterocycles. The molecule has 0 aliphatic rings. The maximum absolute atomic E-state index is 13.5. The smallest absolute Gasteiger partial charge is 0.128 e. The lowest BCUT2D eigenvalue weighted by atomic mass is 9.82. The van der Waals surface area contributed by atoms with Crippen LogP contribution < -0.4 is 5.73 Å². The number of hydrogen-bond donors (Lipinski definition) is 1. The Kier molecular flexibility index (Phi) is 3.48. The Hall–Kier alpha value is -0.920. The van der Waals surface area contributed by atoms with Crippen molar-refractivity contribution in [3.8, 4) is 6.07 Å². The molecule has 1 aromatic carbocycles. The van der Waals surface area contributed by atoms with Crippen molar-refractivity contribution in [2.45, 2.75) is 19.9 Å². The van der Waals surface area contributed by atoms with E-state index in [4.69, 9.17) is 11.0 Å². The summed E-state index contributed by atoms with van der Waals surface area (Å²) in [7, 11) is 0. The van der Waals surface area contributed by atoms with Crippen LogP contribution in [0.5, 0.6) is 0 Å². The van der Waals surface area contributed by atoms with Gasteiger partial charge in [0, 0.05) is 10.0 Å². The van der Waals surface area contributed by atoms with Crippen LogP contribution in [0.4, 0.5) is 4.39 Å². The van der Waals surface area contributed by atoms with Crippen LogP contribution in [0.15, 0.2) is 22.7 Å². The number of benzene rings is 1. The number of nitrogens with two attached hydrogens (primary N) is 1. The van der Waals surface area contributed by atoms with Gasteiger partial charge in [-0.05, 0) is 32.0 Å². The van der Waals surface area contributed by atoms with Crippen LogP contribution >= 0.6 is 15.9 Å². The van der Waals surface area contributed by atoms with E-state index in [-0.39, 0.29) is 5.82 Å². The van der Waals surface area contributed by atoms with Gasteiger partial charge in [0.05, 0.1) is 17.5 Å². The largest absolute Gasteiger partial charge is 0.323 e. The van der Waals surface area contributed by atoms with Crippen molar-refractivity contribution in [2.75, 3.05) is 0 Å². The van der Waals surface area contributed by atoms with Gasteiger partial charge < -0.3 is 5.73 Å². The van der Waals surface area contributed by atoms with Crippen LogP contribution in [0.2, 0.25) is 0 Å². The summed E-state index contributed by atoms with van der Waals surface area (Å²) in [4.78, 5) is 0. The second-order valence-electron chi connectivity index (χ2n) is 3.98. The zero-order valence-corrected chi connectivity index (χ0v) is 10.2. The summed E-state index contributed by atoms with van der Waals surface area (Å²) in [6.07, 6.45) is 0. The molecule has 0 aliphatic heterocycles. The molecule has 2 nitrogen and oxygen atoms in total. The van der Waals surface area contributed by atoms with E-state index < -0.39 is 11.5 Å². The Balaban J connectivity index is 3.17. The molecule has 15 heavy (non-hydrogen) atoms. The van der Waals surface area contributed by atoms with E-state index in [1.165, 1.54) is 6.07 Å². The zero-order valence-electron chi connectivity index (χ0n) is 8.59. The summed E-state index contributed by atoms with van der Waals surface area (Å²) < 4.78 is 14.2. The van der Waals surface area contributed by atoms with Crippen LogP contribution in [0.3, 0.4) is 0 Å². The fraction of sp³-hybridized carbons (Fsp3) is 0.364. The van der Waals surface area contributed by atoms with Gasteiger partial charge in [-0.2, -0.15) is 5.26 Å². The third kappa shape index (κ3) is 2.55. The SMILES string of the molecule is CC(C)(C#N)C(N)c1cc(Br)ccc1F.